The highest BCUT2D eigenvalue weighted by molar-refractivity contribution is 7.99. The van der Waals surface area contributed by atoms with Crippen LogP contribution in [-0.4, -0.2) is 34.0 Å². The summed E-state index contributed by atoms with van der Waals surface area (Å²) in [6.07, 6.45) is 3.17. The molecule has 5 heteroatoms. The number of hydrogen-bond acceptors (Lipinski definition) is 3. The van der Waals surface area contributed by atoms with Gasteiger partial charge in [-0.25, -0.2) is 0 Å². The number of carbonyl (C=O) groups is 2. The first-order valence-electron chi connectivity index (χ1n) is 6.05. The Morgan fingerprint density at radius 1 is 1.41 bits per heavy atom. The molecule has 1 aliphatic carbocycles. The van der Waals surface area contributed by atoms with Crippen LogP contribution in [0.3, 0.4) is 0 Å². The van der Waals surface area contributed by atoms with Gasteiger partial charge in [0.25, 0.3) is 0 Å². The van der Waals surface area contributed by atoms with Gasteiger partial charge >= 0.3 is 5.97 Å². The van der Waals surface area contributed by atoms with Crippen molar-refractivity contribution in [3.05, 3.63) is 0 Å². The average Bonchev–Trinajstić information content (AvgIpc) is 2.66. The van der Waals surface area contributed by atoms with E-state index in [-0.39, 0.29) is 11.9 Å². The number of thioether (sulfide) groups is 1. The van der Waals surface area contributed by atoms with Crippen molar-refractivity contribution in [1.82, 2.24) is 5.32 Å². The molecule has 1 rings (SSSR count). The lowest BCUT2D eigenvalue weighted by Gasteiger charge is -2.25. The number of aliphatic carboxylic acids is 1. The zero-order valence-electron chi connectivity index (χ0n) is 10.7. The van der Waals surface area contributed by atoms with Crippen molar-refractivity contribution >= 4 is 23.6 Å². The average molecular weight is 259 g/mol. The van der Waals surface area contributed by atoms with Gasteiger partial charge in [-0.2, -0.15) is 11.8 Å². The summed E-state index contributed by atoms with van der Waals surface area (Å²) in [4.78, 5) is 22.9. The lowest BCUT2D eigenvalue weighted by Crippen LogP contribution is -2.48. The number of carboxylic acids is 1. The van der Waals surface area contributed by atoms with E-state index in [0.29, 0.717) is 5.25 Å². The van der Waals surface area contributed by atoms with Crippen LogP contribution >= 0.6 is 11.8 Å². The van der Waals surface area contributed by atoms with Gasteiger partial charge < -0.3 is 10.4 Å². The van der Waals surface area contributed by atoms with Crippen LogP contribution in [-0.2, 0) is 9.59 Å². The van der Waals surface area contributed by atoms with Crippen molar-refractivity contribution in [2.75, 3.05) is 5.75 Å². The molecule has 0 spiro atoms. The van der Waals surface area contributed by atoms with Crippen LogP contribution in [0.5, 0.6) is 0 Å². The van der Waals surface area contributed by atoms with Gasteiger partial charge in [0.2, 0.25) is 5.91 Å². The smallest absolute Gasteiger partial charge is 0.318 e. The Morgan fingerprint density at radius 3 is 2.59 bits per heavy atom. The molecule has 0 aliphatic heterocycles. The molecule has 0 bridgehead atoms. The minimum atomic E-state index is -1.34. The van der Waals surface area contributed by atoms with E-state index in [1.165, 1.54) is 13.8 Å². The van der Waals surface area contributed by atoms with Gasteiger partial charge in [0.1, 0.15) is 5.41 Å². The third-order valence-corrected chi connectivity index (χ3v) is 4.58. The van der Waals surface area contributed by atoms with Crippen LogP contribution in [0.1, 0.15) is 40.0 Å². The van der Waals surface area contributed by atoms with E-state index < -0.39 is 11.4 Å². The molecule has 4 nitrogen and oxygen atoms in total. The SMILES string of the molecule is CCSC1CCCC1NC(=O)C(C)(C)C(=O)O. The Kier molecular flexibility index (Phi) is 4.86. The van der Waals surface area contributed by atoms with E-state index in [2.05, 4.69) is 12.2 Å². The predicted octanol–water partition coefficient (Wildman–Crippen LogP) is 1.89. The van der Waals surface area contributed by atoms with Crippen molar-refractivity contribution in [1.29, 1.82) is 0 Å². The fraction of sp³-hybridized carbons (Fsp3) is 0.833. The fourth-order valence-electron chi connectivity index (χ4n) is 1.95. The Hall–Kier alpha value is -0.710. The van der Waals surface area contributed by atoms with E-state index >= 15 is 0 Å². The van der Waals surface area contributed by atoms with Crippen LogP contribution in [0.15, 0.2) is 0 Å². The molecule has 0 heterocycles. The van der Waals surface area contributed by atoms with Crippen molar-refractivity contribution in [3.63, 3.8) is 0 Å². The zero-order chi connectivity index (χ0) is 13.1. The quantitative estimate of drug-likeness (QED) is 0.740. The third-order valence-electron chi connectivity index (χ3n) is 3.25. The van der Waals surface area contributed by atoms with Crippen LogP contribution in [0.25, 0.3) is 0 Å². The molecule has 0 aromatic heterocycles. The molecular formula is C12H21NO3S. The topological polar surface area (TPSA) is 66.4 Å². The molecule has 0 aromatic carbocycles. The zero-order valence-corrected chi connectivity index (χ0v) is 11.5. The normalized spacial score (nSPS) is 24.6. The minimum Gasteiger partial charge on any atom is -0.480 e. The van der Waals surface area contributed by atoms with Crippen molar-refractivity contribution in [2.24, 2.45) is 5.41 Å². The lowest BCUT2D eigenvalue weighted by atomic mass is 9.92. The second kappa shape index (κ2) is 5.76. The summed E-state index contributed by atoms with van der Waals surface area (Å²) in [5, 5.41) is 12.3. The molecule has 1 amide bonds. The Balaban J connectivity index is 2.59. The van der Waals surface area contributed by atoms with E-state index in [1.807, 2.05) is 11.8 Å². The molecule has 17 heavy (non-hydrogen) atoms. The first kappa shape index (κ1) is 14.4. The van der Waals surface area contributed by atoms with Crippen LogP contribution < -0.4 is 5.32 Å². The number of hydrogen-bond donors (Lipinski definition) is 2. The van der Waals surface area contributed by atoms with Crippen molar-refractivity contribution in [2.45, 2.75) is 51.3 Å². The summed E-state index contributed by atoms with van der Waals surface area (Å²) in [6.45, 7) is 4.99. The molecule has 0 radical (unpaired) electrons. The monoisotopic (exact) mass is 259 g/mol. The van der Waals surface area contributed by atoms with Crippen LogP contribution in [0.4, 0.5) is 0 Å². The largest absolute Gasteiger partial charge is 0.480 e. The summed E-state index contributed by atoms with van der Waals surface area (Å²) < 4.78 is 0. The highest BCUT2D eigenvalue weighted by atomic mass is 32.2. The van der Waals surface area contributed by atoms with E-state index in [4.69, 9.17) is 5.11 Å². The molecule has 0 aromatic rings. The second-order valence-corrected chi connectivity index (χ2v) is 6.45. The predicted molar refractivity (Wildman–Crippen MR) is 69.1 cm³/mol. The van der Waals surface area contributed by atoms with Gasteiger partial charge in [-0.15, -0.1) is 0 Å². The van der Waals surface area contributed by atoms with Gasteiger partial charge in [0, 0.05) is 11.3 Å². The van der Waals surface area contributed by atoms with Crippen molar-refractivity contribution in [3.8, 4) is 0 Å². The summed E-state index contributed by atoms with van der Waals surface area (Å²) in [7, 11) is 0. The molecule has 0 saturated heterocycles. The maximum Gasteiger partial charge on any atom is 0.318 e. The van der Waals surface area contributed by atoms with Crippen LogP contribution in [0.2, 0.25) is 0 Å². The molecule has 1 aliphatic rings. The first-order valence-corrected chi connectivity index (χ1v) is 7.10. The Labute approximate surface area is 107 Å². The molecular weight excluding hydrogens is 238 g/mol. The Morgan fingerprint density at radius 2 is 2.06 bits per heavy atom. The molecule has 1 fully saturated rings. The molecule has 2 N–H and O–H groups in total. The maximum atomic E-state index is 11.9. The fourth-order valence-corrected chi connectivity index (χ4v) is 3.15. The van der Waals surface area contributed by atoms with Gasteiger partial charge in [0.05, 0.1) is 0 Å². The number of amides is 1. The van der Waals surface area contributed by atoms with Gasteiger partial charge in [-0.3, -0.25) is 9.59 Å². The summed E-state index contributed by atoms with van der Waals surface area (Å²) in [5.74, 6) is -0.425. The van der Waals surface area contributed by atoms with Gasteiger partial charge in [-0.1, -0.05) is 13.3 Å². The first-order chi connectivity index (χ1) is 7.89. The highest BCUT2D eigenvalue weighted by Crippen LogP contribution is 2.30. The van der Waals surface area contributed by atoms with Gasteiger partial charge in [0.15, 0.2) is 0 Å². The molecule has 2 unspecified atom stereocenters. The summed E-state index contributed by atoms with van der Waals surface area (Å²) in [6, 6.07) is 0.131. The lowest BCUT2D eigenvalue weighted by molar-refractivity contribution is -0.153. The van der Waals surface area contributed by atoms with Crippen molar-refractivity contribution < 1.29 is 14.7 Å². The molecule has 2 atom stereocenters. The third kappa shape index (κ3) is 3.37. The molecule has 1 saturated carbocycles. The number of carboxylic acid groups (broad SMARTS) is 1. The Bertz CT molecular complexity index is 304. The highest BCUT2D eigenvalue weighted by Gasteiger charge is 2.39. The maximum absolute atomic E-state index is 11.9. The summed E-state index contributed by atoms with van der Waals surface area (Å²) in [5.41, 5.74) is -1.34. The van der Waals surface area contributed by atoms with E-state index in [9.17, 15) is 9.59 Å². The number of nitrogens with one attached hydrogen (secondary N) is 1. The number of carbonyl (C=O) groups excluding carboxylic acids is 1. The standard InChI is InChI=1S/C12H21NO3S/c1-4-17-9-7-5-6-8(9)13-10(14)12(2,3)11(15)16/h8-9H,4-7H2,1-3H3,(H,13,14)(H,15,16). The second-order valence-electron chi connectivity index (χ2n) is 4.93. The van der Waals surface area contributed by atoms with E-state index in [0.717, 1.165) is 25.0 Å². The minimum absolute atomic E-state index is 0.131. The van der Waals surface area contributed by atoms with Crippen LogP contribution in [0, 0.1) is 5.41 Å². The van der Waals surface area contributed by atoms with Gasteiger partial charge in [-0.05, 0) is 32.4 Å². The van der Waals surface area contributed by atoms with E-state index in [1.54, 1.807) is 0 Å². The summed E-state index contributed by atoms with van der Waals surface area (Å²) >= 11 is 1.85. The molecule has 98 valence electrons. The number of rotatable bonds is 5.